The third-order valence-corrected chi connectivity index (χ3v) is 6.46. The fourth-order valence-electron chi connectivity index (χ4n) is 4.63. The molecule has 0 bridgehead atoms. The molecule has 166 valence electrons. The van der Waals surface area contributed by atoms with Crippen LogP contribution in [0, 0.1) is 0 Å². The lowest BCUT2D eigenvalue weighted by Gasteiger charge is -2.26. The van der Waals surface area contributed by atoms with Gasteiger partial charge in [0.15, 0.2) is 0 Å². The van der Waals surface area contributed by atoms with Crippen molar-refractivity contribution in [3.05, 3.63) is 152 Å². The Bertz CT molecular complexity index is 1550. The van der Waals surface area contributed by atoms with Gasteiger partial charge in [-0.15, -0.1) is 0 Å². The first kappa shape index (κ1) is 20.9. The second-order valence-corrected chi connectivity index (χ2v) is 8.69. The number of benzene rings is 6. The Labute approximate surface area is 206 Å². The van der Waals surface area contributed by atoms with Crippen molar-refractivity contribution in [2.24, 2.45) is 0 Å². The smallest absolute Gasteiger partial charge is 0.0468 e. The molecule has 0 amide bonds. The number of nitrogens with zero attached hydrogens (tertiary/aromatic N) is 1. The first-order valence-corrected chi connectivity index (χ1v) is 12.0. The second kappa shape index (κ2) is 9.32. The number of anilines is 3. The van der Waals surface area contributed by atoms with E-state index >= 15 is 0 Å². The minimum absolute atomic E-state index is 1.14. The number of hydrogen-bond donors (Lipinski definition) is 0. The molecule has 0 spiro atoms. The molecule has 0 heterocycles. The van der Waals surface area contributed by atoms with Crippen molar-refractivity contribution in [3.8, 4) is 22.3 Å². The Balaban J connectivity index is 1.35. The molecule has 6 aromatic rings. The molecule has 0 saturated heterocycles. The average molecular weight is 448 g/mol. The maximum atomic E-state index is 2.31. The minimum atomic E-state index is 1.14. The SMILES string of the molecule is c1ccc(-c2ccc(-c3ccc(N(c4ccccc4)c4ccc5ccccc5c4)cc3)cc2)cc1. The molecular weight excluding hydrogens is 422 g/mol. The highest BCUT2D eigenvalue weighted by Gasteiger charge is 2.13. The van der Waals surface area contributed by atoms with Crippen molar-refractivity contribution in [1.29, 1.82) is 0 Å². The molecular formula is C34H25N. The van der Waals surface area contributed by atoms with Crippen molar-refractivity contribution >= 4 is 27.8 Å². The van der Waals surface area contributed by atoms with Crippen LogP contribution in [-0.2, 0) is 0 Å². The predicted octanol–water partition coefficient (Wildman–Crippen LogP) is 9.64. The van der Waals surface area contributed by atoms with Crippen LogP contribution in [0.2, 0.25) is 0 Å². The summed E-state index contributed by atoms with van der Waals surface area (Å²) < 4.78 is 0. The summed E-state index contributed by atoms with van der Waals surface area (Å²) >= 11 is 0. The summed E-state index contributed by atoms with van der Waals surface area (Å²) in [5, 5.41) is 2.49. The van der Waals surface area contributed by atoms with E-state index in [9.17, 15) is 0 Å². The number of para-hydroxylation sites is 1. The Morgan fingerprint density at radius 1 is 0.286 bits per heavy atom. The van der Waals surface area contributed by atoms with Crippen LogP contribution in [0.25, 0.3) is 33.0 Å². The van der Waals surface area contributed by atoms with Gasteiger partial charge in [0.05, 0.1) is 0 Å². The molecule has 1 heteroatoms. The third kappa shape index (κ3) is 4.32. The van der Waals surface area contributed by atoms with Gasteiger partial charge in [0, 0.05) is 17.1 Å². The van der Waals surface area contributed by atoms with Crippen LogP contribution in [0.15, 0.2) is 152 Å². The van der Waals surface area contributed by atoms with Gasteiger partial charge in [-0.05, 0) is 69.4 Å². The van der Waals surface area contributed by atoms with E-state index in [0.717, 1.165) is 17.1 Å². The van der Waals surface area contributed by atoms with Gasteiger partial charge in [0.25, 0.3) is 0 Å². The lowest BCUT2D eigenvalue weighted by molar-refractivity contribution is 1.29. The van der Waals surface area contributed by atoms with E-state index in [2.05, 4.69) is 157 Å². The van der Waals surface area contributed by atoms with Crippen molar-refractivity contribution in [3.63, 3.8) is 0 Å². The summed E-state index contributed by atoms with van der Waals surface area (Å²) in [5.74, 6) is 0. The van der Waals surface area contributed by atoms with Crippen molar-refractivity contribution in [1.82, 2.24) is 0 Å². The lowest BCUT2D eigenvalue weighted by Crippen LogP contribution is -2.09. The highest BCUT2D eigenvalue weighted by Crippen LogP contribution is 2.37. The summed E-state index contributed by atoms with van der Waals surface area (Å²) in [7, 11) is 0. The zero-order valence-electron chi connectivity index (χ0n) is 19.4. The molecule has 0 aliphatic heterocycles. The Morgan fingerprint density at radius 3 is 1.34 bits per heavy atom. The Hall–Kier alpha value is -4.62. The fourth-order valence-corrected chi connectivity index (χ4v) is 4.63. The number of fused-ring (bicyclic) bond motifs is 1. The van der Waals surface area contributed by atoms with Gasteiger partial charge in [-0.2, -0.15) is 0 Å². The maximum Gasteiger partial charge on any atom is 0.0468 e. The Kier molecular flexibility index (Phi) is 5.58. The van der Waals surface area contributed by atoms with Crippen LogP contribution < -0.4 is 4.90 Å². The summed E-state index contributed by atoms with van der Waals surface area (Å²) in [6, 6.07) is 53.9. The summed E-state index contributed by atoms with van der Waals surface area (Å²) in [4.78, 5) is 2.31. The zero-order valence-corrected chi connectivity index (χ0v) is 19.4. The molecule has 0 radical (unpaired) electrons. The molecule has 0 unspecified atom stereocenters. The fraction of sp³-hybridized carbons (Fsp3) is 0. The standard InChI is InChI=1S/C34H25N/c1-3-9-26(10-4-1)28-15-17-29(18-16-28)30-19-22-33(23-20-30)35(32-13-5-2-6-14-32)34-24-21-27-11-7-8-12-31(27)25-34/h1-25H. The van der Waals surface area contributed by atoms with Crippen molar-refractivity contribution in [2.45, 2.75) is 0 Å². The molecule has 0 aliphatic rings. The molecule has 0 fully saturated rings. The van der Waals surface area contributed by atoms with Gasteiger partial charge in [-0.1, -0.05) is 115 Å². The van der Waals surface area contributed by atoms with Crippen LogP contribution in [0.4, 0.5) is 17.1 Å². The van der Waals surface area contributed by atoms with Gasteiger partial charge in [-0.3, -0.25) is 0 Å². The largest absolute Gasteiger partial charge is 0.310 e. The molecule has 0 aromatic heterocycles. The van der Waals surface area contributed by atoms with E-state index in [4.69, 9.17) is 0 Å². The highest BCUT2D eigenvalue weighted by molar-refractivity contribution is 5.89. The van der Waals surface area contributed by atoms with Crippen LogP contribution in [-0.4, -0.2) is 0 Å². The van der Waals surface area contributed by atoms with Gasteiger partial charge in [-0.25, -0.2) is 0 Å². The van der Waals surface area contributed by atoms with E-state index in [0.29, 0.717) is 0 Å². The predicted molar refractivity (Wildman–Crippen MR) is 150 cm³/mol. The molecule has 0 N–H and O–H groups in total. The van der Waals surface area contributed by atoms with E-state index in [-0.39, 0.29) is 0 Å². The molecule has 35 heavy (non-hydrogen) atoms. The summed E-state index contributed by atoms with van der Waals surface area (Å²) in [5.41, 5.74) is 8.32. The van der Waals surface area contributed by atoms with Crippen LogP contribution in [0.1, 0.15) is 0 Å². The summed E-state index contributed by atoms with van der Waals surface area (Å²) in [6.07, 6.45) is 0. The molecule has 1 nitrogen and oxygen atoms in total. The molecule has 0 aliphatic carbocycles. The quantitative estimate of drug-likeness (QED) is 0.254. The van der Waals surface area contributed by atoms with E-state index in [1.807, 2.05) is 0 Å². The minimum Gasteiger partial charge on any atom is -0.310 e. The van der Waals surface area contributed by atoms with Crippen molar-refractivity contribution < 1.29 is 0 Å². The van der Waals surface area contributed by atoms with Crippen LogP contribution >= 0.6 is 0 Å². The Morgan fingerprint density at radius 2 is 0.714 bits per heavy atom. The van der Waals surface area contributed by atoms with E-state index in [1.54, 1.807) is 0 Å². The molecule has 0 saturated carbocycles. The van der Waals surface area contributed by atoms with Gasteiger partial charge in [0.2, 0.25) is 0 Å². The lowest BCUT2D eigenvalue weighted by atomic mass is 10.00. The van der Waals surface area contributed by atoms with E-state index < -0.39 is 0 Å². The molecule has 0 atom stereocenters. The zero-order chi connectivity index (χ0) is 23.5. The first-order valence-electron chi connectivity index (χ1n) is 12.0. The average Bonchev–Trinajstić information content (AvgIpc) is 2.95. The second-order valence-electron chi connectivity index (χ2n) is 8.69. The van der Waals surface area contributed by atoms with E-state index in [1.165, 1.54) is 33.0 Å². The van der Waals surface area contributed by atoms with Gasteiger partial charge >= 0.3 is 0 Å². The normalized spacial score (nSPS) is 10.9. The number of rotatable bonds is 5. The first-order chi connectivity index (χ1) is 17.3. The van der Waals surface area contributed by atoms with Crippen molar-refractivity contribution in [2.75, 3.05) is 4.90 Å². The van der Waals surface area contributed by atoms with Crippen LogP contribution in [0.5, 0.6) is 0 Å². The van der Waals surface area contributed by atoms with Crippen LogP contribution in [0.3, 0.4) is 0 Å². The molecule has 6 rings (SSSR count). The molecule has 6 aromatic carbocycles. The van der Waals surface area contributed by atoms with Gasteiger partial charge in [0.1, 0.15) is 0 Å². The topological polar surface area (TPSA) is 3.24 Å². The van der Waals surface area contributed by atoms with Gasteiger partial charge < -0.3 is 4.90 Å². The third-order valence-electron chi connectivity index (χ3n) is 6.46. The highest BCUT2D eigenvalue weighted by atomic mass is 15.1. The monoisotopic (exact) mass is 447 g/mol. The number of hydrogen-bond acceptors (Lipinski definition) is 1. The maximum absolute atomic E-state index is 2.31. The summed E-state index contributed by atoms with van der Waals surface area (Å²) in [6.45, 7) is 0.